The van der Waals surface area contributed by atoms with Crippen molar-refractivity contribution in [2.24, 2.45) is 5.92 Å². The standard InChI is InChI=1S/C16H23N3O/c1-4-12(2)16(20)17-10-7-11-19-13(3)18-14-8-5-6-9-15(14)19/h5-6,8-9,12H,4,7,10-11H2,1-3H3,(H,17,20). The molecule has 108 valence electrons. The van der Waals surface area contributed by atoms with E-state index in [-0.39, 0.29) is 11.8 Å². The van der Waals surface area contributed by atoms with Crippen LogP contribution >= 0.6 is 0 Å². The largest absolute Gasteiger partial charge is 0.356 e. The summed E-state index contributed by atoms with van der Waals surface area (Å²) in [6, 6.07) is 8.16. The van der Waals surface area contributed by atoms with Gasteiger partial charge in [-0.3, -0.25) is 4.79 Å². The summed E-state index contributed by atoms with van der Waals surface area (Å²) >= 11 is 0. The van der Waals surface area contributed by atoms with Crippen molar-refractivity contribution in [3.8, 4) is 0 Å². The predicted molar refractivity (Wildman–Crippen MR) is 81.6 cm³/mol. The molecule has 0 bridgehead atoms. The monoisotopic (exact) mass is 273 g/mol. The summed E-state index contributed by atoms with van der Waals surface area (Å²) in [5.74, 6) is 1.28. The van der Waals surface area contributed by atoms with Crippen molar-refractivity contribution < 1.29 is 4.79 Å². The number of hydrogen-bond donors (Lipinski definition) is 1. The minimum Gasteiger partial charge on any atom is -0.356 e. The summed E-state index contributed by atoms with van der Waals surface area (Å²) < 4.78 is 2.21. The fraction of sp³-hybridized carbons (Fsp3) is 0.500. The molecule has 2 aromatic rings. The Bertz CT molecular complexity index is 588. The zero-order valence-electron chi connectivity index (χ0n) is 12.5. The molecule has 20 heavy (non-hydrogen) atoms. The van der Waals surface area contributed by atoms with Gasteiger partial charge >= 0.3 is 0 Å². The fourth-order valence-electron chi connectivity index (χ4n) is 2.29. The van der Waals surface area contributed by atoms with E-state index in [1.54, 1.807) is 0 Å². The maximum Gasteiger partial charge on any atom is 0.222 e. The van der Waals surface area contributed by atoms with Gasteiger partial charge < -0.3 is 9.88 Å². The number of rotatable bonds is 6. The maximum atomic E-state index is 11.7. The number of hydrogen-bond acceptors (Lipinski definition) is 2. The molecule has 0 fully saturated rings. The van der Waals surface area contributed by atoms with Crippen LogP contribution in [0.3, 0.4) is 0 Å². The van der Waals surface area contributed by atoms with E-state index in [0.717, 1.165) is 37.3 Å². The second kappa shape index (κ2) is 6.55. The summed E-state index contributed by atoms with van der Waals surface area (Å²) in [4.78, 5) is 16.2. The lowest BCUT2D eigenvalue weighted by Gasteiger charge is -2.11. The molecular weight excluding hydrogens is 250 g/mol. The molecule has 0 aliphatic carbocycles. The number of nitrogens with one attached hydrogen (secondary N) is 1. The van der Waals surface area contributed by atoms with Crippen LogP contribution in [-0.2, 0) is 11.3 Å². The van der Waals surface area contributed by atoms with Gasteiger partial charge in [-0.05, 0) is 31.9 Å². The molecule has 2 rings (SSSR count). The summed E-state index contributed by atoms with van der Waals surface area (Å²) in [5, 5.41) is 2.99. The van der Waals surface area contributed by atoms with Gasteiger partial charge in [-0.1, -0.05) is 26.0 Å². The number of amides is 1. The van der Waals surface area contributed by atoms with E-state index in [1.165, 1.54) is 5.52 Å². The number of benzene rings is 1. The summed E-state index contributed by atoms with van der Waals surface area (Å²) in [6.07, 6.45) is 1.81. The summed E-state index contributed by atoms with van der Waals surface area (Å²) in [6.45, 7) is 7.62. The Hall–Kier alpha value is -1.84. The molecule has 0 aliphatic heterocycles. The Morgan fingerprint density at radius 2 is 2.15 bits per heavy atom. The molecule has 4 heteroatoms. The van der Waals surface area contributed by atoms with Crippen LogP contribution < -0.4 is 5.32 Å². The number of aromatic nitrogens is 2. The lowest BCUT2D eigenvalue weighted by atomic mass is 10.1. The molecule has 1 atom stereocenters. The van der Waals surface area contributed by atoms with Crippen LogP contribution in [0.5, 0.6) is 0 Å². The van der Waals surface area contributed by atoms with Crippen LogP contribution in [0.2, 0.25) is 0 Å². The van der Waals surface area contributed by atoms with Gasteiger partial charge in [0.05, 0.1) is 11.0 Å². The predicted octanol–water partition coefficient (Wildman–Crippen LogP) is 2.90. The van der Waals surface area contributed by atoms with Gasteiger partial charge in [0.15, 0.2) is 0 Å². The van der Waals surface area contributed by atoms with Crippen LogP contribution in [0.25, 0.3) is 11.0 Å². The van der Waals surface area contributed by atoms with E-state index in [1.807, 2.05) is 39.0 Å². The number of nitrogens with zero attached hydrogens (tertiary/aromatic N) is 2. The molecule has 4 nitrogen and oxygen atoms in total. The molecule has 1 unspecified atom stereocenters. The molecule has 1 aromatic heterocycles. The molecule has 0 saturated carbocycles. The smallest absolute Gasteiger partial charge is 0.222 e. The highest BCUT2D eigenvalue weighted by Crippen LogP contribution is 2.15. The van der Waals surface area contributed by atoms with Gasteiger partial charge in [-0.2, -0.15) is 0 Å². The minimum absolute atomic E-state index is 0.103. The Labute approximate surface area is 120 Å². The number of para-hydroxylation sites is 2. The molecule has 1 heterocycles. The number of fused-ring (bicyclic) bond motifs is 1. The zero-order chi connectivity index (χ0) is 14.5. The van der Waals surface area contributed by atoms with Crippen molar-refractivity contribution >= 4 is 16.9 Å². The van der Waals surface area contributed by atoms with Crippen LogP contribution in [-0.4, -0.2) is 22.0 Å². The molecule has 0 aliphatic rings. The average molecular weight is 273 g/mol. The normalized spacial score (nSPS) is 12.6. The number of imidazole rings is 1. The quantitative estimate of drug-likeness (QED) is 0.823. The molecule has 1 amide bonds. The minimum atomic E-state index is 0.103. The fourth-order valence-corrected chi connectivity index (χ4v) is 2.29. The highest BCUT2D eigenvalue weighted by Gasteiger charge is 2.10. The lowest BCUT2D eigenvalue weighted by Crippen LogP contribution is -2.30. The summed E-state index contributed by atoms with van der Waals surface area (Å²) in [5.41, 5.74) is 2.20. The number of carbonyl (C=O) groups excluding carboxylic acids is 1. The van der Waals surface area contributed by atoms with Crippen LogP contribution in [0.4, 0.5) is 0 Å². The van der Waals surface area contributed by atoms with E-state index in [0.29, 0.717) is 0 Å². The van der Waals surface area contributed by atoms with E-state index in [4.69, 9.17) is 0 Å². The van der Waals surface area contributed by atoms with Gasteiger partial charge in [0.25, 0.3) is 0 Å². The van der Waals surface area contributed by atoms with Crippen molar-refractivity contribution in [1.29, 1.82) is 0 Å². The van der Waals surface area contributed by atoms with Crippen LogP contribution in [0.1, 0.15) is 32.5 Å². The first-order valence-corrected chi connectivity index (χ1v) is 7.33. The Morgan fingerprint density at radius 1 is 1.40 bits per heavy atom. The third-order valence-electron chi connectivity index (χ3n) is 3.76. The number of carbonyl (C=O) groups is 1. The highest BCUT2D eigenvalue weighted by molar-refractivity contribution is 5.78. The topological polar surface area (TPSA) is 46.9 Å². The van der Waals surface area contributed by atoms with Gasteiger partial charge in [-0.15, -0.1) is 0 Å². The first-order chi connectivity index (χ1) is 9.63. The van der Waals surface area contributed by atoms with Gasteiger partial charge in [0.1, 0.15) is 5.82 Å². The third-order valence-corrected chi connectivity index (χ3v) is 3.76. The average Bonchev–Trinajstić information content (AvgIpc) is 2.78. The Balaban J connectivity index is 1.90. The molecule has 0 radical (unpaired) electrons. The molecule has 0 spiro atoms. The first-order valence-electron chi connectivity index (χ1n) is 7.33. The zero-order valence-corrected chi connectivity index (χ0v) is 12.5. The molecule has 0 saturated heterocycles. The van der Waals surface area contributed by atoms with Crippen molar-refractivity contribution in [2.75, 3.05) is 6.54 Å². The van der Waals surface area contributed by atoms with E-state index in [2.05, 4.69) is 20.9 Å². The van der Waals surface area contributed by atoms with Crippen molar-refractivity contribution in [3.05, 3.63) is 30.1 Å². The van der Waals surface area contributed by atoms with Crippen molar-refractivity contribution in [3.63, 3.8) is 0 Å². The second-order valence-corrected chi connectivity index (χ2v) is 5.25. The molecular formula is C16H23N3O. The second-order valence-electron chi connectivity index (χ2n) is 5.25. The van der Waals surface area contributed by atoms with Gasteiger partial charge in [0, 0.05) is 19.0 Å². The van der Waals surface area contributed by atoms with Crippen molar-refractivity contribution in [2.45, 2.75) is 40.2 Å². The number of aryl methyl sites for hydroxylation is 2. The van der Waals surface area contributed by atoms with E-state index < -0.39 is 0 Å². The Kier molecular flexibility index (Phi) is 4.77. The lowest BCUT2D eigenvalue weighted by molar-refractivity contribution is -0.124. The van der Waals surface area contributed by atoms with Gasteiger partial charge in [0.2, 0.25) is 5.91 Å². The van der Waals surface area contributed by atoms with E-state index >= 15 is 0 Å². The summed E-state index contributed by atoms with van der Waals surface area (Å²) in [7, 11) is 0. The SMILES string of the molecule is CCC(C)C(=O)NCCCn1c(C)nc2ccccc21. The van der Waals surface area contributed by atoms with Gasteiger partial charge in [-0.25, -0.2) is 4.98 Å². The van der Waals surface area contributed by atoms with E-state index in [9.17, 15) is 4.79 Å². The van der Waals surface area contributed by atoms with Crippen LogP contribution in [0, 0.1) is 12.8 Å². The molecule has 1 aromatic carbocycles. The third kappa shape index (κ3) is 3.18. The first kappa shape index (κ1) is 14.6. The Morgan fingerprint density at radius 3 is 2.90 bits per heavy atom. The van der Waals surface area contributed by atoms with Crippen LogP contribution in [0.15, 0.2) is 24.3 Å². The highest BCUT2D eigenvalue weighted by atomic mass is 16.1. The maximum absolute atomic E-state index is 11.7. The molecule has 1 N–H and O–H groups in total. The van der Waals surface area contributed by atoms with Crippen molar-refractivity contribution in [1.82, 2.24) is 14.9 Å².